The summed E-state index contributed by atoms with van der Waals surface area (Å²) in [5.74, 6) is 0. The molecule has 0 saturated heterocycles. The molecule has 0 fully saturated rings. The van der Waals surface area contributed by atoms with Crippen LogP contribution in [-0.4, -0.2) is 26.2 Å². The second kappa shape index (κ2) is 6.44. The van der Waals surface area contributed by atoms with Crippen LogP contribution in [-0.2, 0) is 6.42 Å². The maximum Gasteiger partial charge on any atom is 0.0732 e. The monoisotopic (exact) mass is 305 g/mol. The molecule has 0 aliphatic rings. The quantitative estimate of drug-likeness (QED) is 0.704. The van der Waals surface area contributed by atoms with Crippen LogP contribution in [0, 0.1) is 12.3 Å². The van der Waals surface area contributed by atoms with E-state index in [0.717, 1.165) is 28.8 Å². The summed E-state index contributed by atoms with van der Waals surface area (Å²) in [5.41, 5.74) is 6.17. The second-order valence-electron chi connectivity index (χ2n) is 5.39. The second-order valence-corrected chi connectivity index (χ2v) is 5.39. The Bertz CT molecular complexity index is 840. The average Bonchev–Trinajstić information content (AvgIpc) is 3.24. The molecule has 0 saturated carbocycles. The number of benzene rings is 1. The van der Waals surface area contributed by atoms with Crippen LogP contribution < -0.4 is 0 Å². The first-order chi connectivity index (χ1) is 11.2. The predicted molar refractivity (Wildman–Crippen MR) is 93.3 cm³/mol. The van der Waals surface area contributed by atoms with Gasteiger partial charge in [-0.2, -0.15) is 10.2 Å². The average molecular weight is 305 g/mol. The van der Waals surface area contributed by atoms with E-state index in [1.165, 1.54) is 17.3 Å². The normalized spacial score (nSPS) is 11.7. The molecule has 5 nitrogen and oxygen atoms in total. The van der Waals surface area contributed by atoms with E-state index in [-0.39, 0.29) is 0 Å². The lowest BCUT2D eigenvalue weighted by molar-refractivity contribution is 0.937. The van der Waals surface area contributed by atoms with Gasteiger partial charge in [-0.3, -0.25) is 5.10 Å². The molecule has 0 unspecified atom stereocenters. The van der Waals surface area contributed by atoms with Crippen molar-refractivity contribution in [2.45, 2.75) is 20.3 Å². The molecule has 116 valence electrons. The van der Waals surface area contributed by atoms with Crippen molar-refractivity contribution >= 4 is 18.0 Å². The predicted octanol–water partition coefficient (Wildman–Crippen LogP) is 3.79. The van der Waals surface area contributed by atoms with Gasteiger partial charge in [-0.15, -0.1) is 0 Å². The van der Waals surface area contributed by atoms with E-state index < -0.39 is 0 Å². The van der Waals surface area contributed by atoms with Crippen molar-refractivity contribution in [1.82, 2.24) is 20.0 Å². The molecule has 0 bridgehead atoms. The maximum atomic E-state index is 7.76. The molecular weight excluding hydrogens is 286 g/mol. The fourth-order valence-corrected chi connectivity index (χ4v) is 2.63. The van der Waals surface area contributed by atoms with Gasteiger partial charge < -0.3 is 5.41 Å². The Morgan fingerprint density at radius 3 is 2.96 bits per heavy atom. The molecule has 2 aromatic heterocycles. The van der Waals surface area contributed by atoms with E-state index in [2.05, 4.69) is 47.3 Å². The first-order valence-electron chi connectivity index (χ1n) is 7.58. The highest BCUT2D eigenvalue weighted by Gasteiger charge is 2.14. The molecule has 0 aliphatic carbocycles. The minimum Gasteiger partial charge on any atom is -0.308 e. The van der Waals surface area contributed by atoms with Gasteiger partial charge in [0.2, 0.25) is 0 Å². The van der Waals surface area contributed by atoms with Crippen LogP contribution in [0.2, 0.25) is 0 Å². The minimum atomic E-state index is 0.751. The highest BCUT2D eigenvalue weighted by molar-refractivity contribution is 6.14. The number of nitrogens with one attached hydrogen (secondary N) is 2. The Balaban J connectivity index is 2.13. The molecule has 0 spiro atoms. The van der Waals surface area contributed by atoms with Gasteiger partial charge in [0, 0.05) is 41.5 Å². The zero-order valence-corrected chi connectivity index (χ0v) is 13.2. The van der Waals surface area contributed by atoms with Crippen molar-refractivity contribution in [2.24, 2.45) is 0 Å². The van der Waals surface area contributed by atoms with Crippen molar-refractivity contribution in [3.63, 3.8) is 0 Å². The highest BCUT2D eigenvalue weighted by atomic mass is 15.2. The third-order valence-corrected chi connectivity index (χ3v) is 3.82. The van der Waals surface area contributed by atoms with Crippen molar-refractivity contribution in [1.29, 1.82) is 5.41 Å². The van der Waals surface area contributed by atoms with Crippen molar-refractivity contribution < 1.29 is 0 Å². The van der Waals surface area contributed by atoms with Gasteiger partial charge in [0.05, 0.1) is 11.9 Å². The summed E-state index contributed by atoms with van der Waals surface area (Å²) < 4.78 is 1.69. The number of aromatic nitrogens is 4. The number of H-pyrrole nitrogens is 1. The van der Waals surface area contributed by atoms with Gasteiger partial charge in [-0.25, -0.2) is 4.68 Å². The SMILES string of the molecule is CCc1ccc(C)cc1-c1[nH]ncc1/C(C=N)=C/n1cccn1. The summed E-state index contributed by atoms with van der Waals surface area (Å²) in [6.07, 6.45) is 9.41. The molecule has 3 aromatic rings. The number of hydrogen-bond acceptors (Lipinski definition) is 3. The van der Waals surface area contributed by atoms with Crippen molar-refractivity contribution in [2.75, 3.05) is 0 Å². The summed E-state index contributed by atoms with van der Waals surface area (Å²) in [6, 6.07) is 8.28. The first kappa shape index (κ1) is 15.0. The van der Waals surface area contributed by atoms with Crippen LogP contribution in [0.3, 0.4) is 0 Å². The molecular formula is C18H19N5. The Kier molecular flexibility index (Phi) is 4.19. The van der Waals surface area contributed by atoms with E-state index in [1.807, 2.05) is 18.5 Å². The Labute approximate surface area is 135 Å². The summed E-state index contributed by atoms with van der Waals surface area (Å²) in [5, 5.41) is 19.2. The zero-order valence-electron chi connectivity index (χ0n) is 13.2. The molecule has 5 heteroatoms. The number of hydrogen-bond donors (Lipinski definition) is 2. The fraction of sp³-hybridized carbons (Fsp3) is 0.167. The van der Waals surface area contributed by atoms with Gasteiger partial charge in [0.1, 0.15) is 0 Å². The molecule has 3 rings (SSSR count). The fourth-order valence-electron chi connectivity index (χ4n) is 2.63. The smallest absolute Gasteiger partial charge is 0.0732 e. The van der Waals surface area contributed by atoms with Gasteiger partial charge in [0.15, 0.2) is 0 Å². The Hall–Kier alpha value is -2.95. The van der Waals surface area contributed by atoms with E-state index in [9.17, 15) is 0 Å². The molecule has 2 N–H and O–H groups in total. The van der Waals surface area contributed by atoms with Gasteiger partial charge in [-0.1, -0.05) is 24.6 Å². The number of rotatable bonds is 5. The third-order valence-electron chi connectivity index (χ3n) is 3.82. The van der Waals surface area contributed by atoms with Crippen molar-refractivity contribution in [3.8, 4) is 11.3 Å². The largest absolute Gasteiger partial charge is 0.308 e. The van der Waals surface area contributed by atoms with Gasteiger partial charge >= 0.3 is 0 Å². The number of nitrogens with zero attached hydrogens (tertiary/aromatic N) is 3. The van der Waals surface area contributed by atoms with E-state index in [4.69, 9.17) is 5.41 Å². The number of allylic oxidation sites excluding steroid dienone is 1. The van der Waals surface area contributed by atoms with Crippen molar-refractivity contribution in [3.05, 3.63) is 59.5 Å². The van der Waals surface area contributed by atoms with Crippen LogP contribution >= 0.6 is 0 Å². The summed E-state index contributed by atoms with van der Waals surface area (Å²) in [7, 11) is 0. The molecule has 0 aliphatic heterocycles. The standard InChI is InChI=1S/C18H19N5/c1-3-14-6-5-13(2)9-16(14)18-17(11-20-22-18)15(10-19)12-23-8-4-7-21-23/h4-12,19H,3H2,1-2H3,(H,20,22)/b15-12+,19-10?. The number of aryl methyl sites for hydroxylation is 2. The molecule has 0 amide bonds. The maximum absolute atomic E-state index is 7.76. The third kappa shape index (κ3) is 2.99. The lowest BCUT2D eigenvalue weighted by Crippen LogP contribution is -1.95. The van der Waals surface area contributed by atoms with Gasteiger partial charge in [0.25, 0.3) is 0 Å². The molecule has 2 heterocycles. The summed E-state index contributed by atoms with van der Waals surface area (Å²) in [6.45, 7) is 4.22. The highest BCUT2D eigenvalue weighted by Crippen LogP contribution is 2.30. The van der Waals surface area contributed by atoms with E-state index >= 15 is 0 Å². The molecule has 1 aromatic carbocycles. The first-order valence-corrected chi connectivity index (χ1v) is 7.58. The summed E-state index contributed by atoms with van der Waals surface area (Å²) in [4.78, 5) is 0. The Morgan fingerprint density at radius 1 is 1.39 bits per heavy atom. The number of aromatic amines is 1. The molecule has 23 heavy (non-hydrogen) atoms. The van der Waals surface area contributed by atoms with Gasteiger partial charge in [-0.05, 0) is 31.0 Å². The van der Waals surface area contributed by atoms with E-state index in [1.54, 1.807) is 17.1 Å². The zero-order chi connectivity index (χ0) is 16.2. The minimum absolute atomic E-state index is 0.751. The lowest BCUT2D eigenvalue weighted by Gasteiger charge is -2.10. The molecule has 0 radical (unpaired) electrons. The summed E-state index contributed by atoms with van der Waals surface area (Å²) >= 11 is 0. The van der Waals surface area contributed by atoms with E-state index in [0.29, 0.717) is 0 Å². The van der Waals surface area contributed by atoms with Crippen LogP contribution in [0.4, 0.5) is 0 Å². The topological polar surface area (TPSA) is 70.3 Å². The van der Waals surface area contributed by atoms with Crippen LogP contribution in [0.25, 0.3) is 23.0 Å². The van der Waals surface area contributed by atoms with Crippen LogP contribution in [0.15, 0.2) is 42.9 Å². The van der Waals surface area contributed by atoms with Crippen LogP contribution in [0.5, 0.6) is 0 Å². The molecule has 0 atom stereocenters. The Morgan fingerprint density at radius 2 is 2.26 bits per heavy atom. The van der Waals surface area contributed by atoms with Crippen LogP contribution in [0.1, 0.15) is 23.6 Å². The lowest BCUT2D eigenvalue weighted by atomic mass is 9.96.